The standard InChI is InChI=1S/C15H22N2O4/c1-4-21-14(20)15(2,3)9-17-8-11-7-10(13(18)19)5-6-12(11)16-17/h8,10H,4-7,9H2,1-3H3,(H,18,19). The maximum atomic E-state index is 11.9. The summed E-state index contributed by atoms with van der Waals surface area (Å²) >= 11 is 0. The molecule has 21 heavy (non-hydrogen) atoms. The number of nitrogens with zero attached hydrogens (tertiary/aromatic N) is 2. The zero-order valence-electron chi connectivity index (χ0n) is 12.8. The van der Waals surface area contributed by atoms with Gasteiger partial charge in [-0.15, -0.1) is 0 Å². The van der Waals surface area contributed by atoms with E-state index in [2.05, 4.69) is 5.10 Å². The number of aromatic nitrogens is 2. The van der Waals surface area contributed by atoms with E-state index in [1.54, 1.807) is 11.6 Å². The predicted molar refractivity (Wildman–Crippen MR) is 75.8 cm³/mol. The first-order chi connectivity index (χ1) is 9.83. The van der Waals surface area contributed by atoms with E-state index in [4.69, 9.17) is 9.84 Å². The van der Waals surface area contributed by atoms with Crippen molar-refractivity contribution in [2.45, 2.75) is 46.6 Å². The minimum absolute atomic E-state index is 0.248. The average Bonchev–Trinajstić information content (AvgIpc) is 2.78. The molecule has 1 aromatic rings. The van der Waals surface area contributed by atoms with Crippen LogP contribution >= 0.6 is 0 Å². The number of hydrogen-bond donors (Lipinski definition) is 1. The number of fused-ring (bicyclic) bond motifs is 1. The predicted octanol–water partition coefficient (Wildman–Crippen LogP) is 1.66. The van der Waals surface area contributed by atoms with Crippen molar-refractivity contribution in [3.63, 3.8) is 0 Å². The maximum Gasteiger partial charge on any atom is 0.313 e. The van der Waals surface area contributed by atoms with Gasteiger partial charge in [-0.05, 0) is 45.6 Å². The van der Waals surface area contributed by atoms with Crippen molar-refractivity contribution in [3.05, 3.63) is 17.5 Å². The molecule has 0 saturated carbocycles. The fraction of sp³-hybridized carbons (Fsp3) is 0.667. The Morgan fingerprint density at radius 3 is 2.86 bits per heavy atom. The summed E-state index contributed by atoms with van der Waals surface area (Å²) in [6.07, 6.45) is 3.69. The highest BCUT2D eigenvalue weighted by Crippen LogP contribution is 2.27. The molecule has 2 rings (SSSR count). The largest absolute Gasteiger partial charge is 0.481 e. The Bertz CT molecular complexity index is 548. The quantitative estimate of drug-likeness (QED) is 0.835. The number of ether oxygens (including phenoxy) is 1. The average molecular weight is 294 g/mol. The van der Waals surface area contributed by atoms with E-state index in [-0.39, 0.29) is 11.9 Å². The topological polar surface area (TPSA) is 81.4 Å². The molecule has 1 aliphatic carbocycles. The molecule has 1 unspecified atom stereocenters. The Labute approximate surface area is 124 Å². The Morgan fingerprint density at radius 2 is 2.24 bits per heavy atom. The molecule has 0 radical (unpaired) electrons. The number of carbonyl (C=O) groups is 2. The number of aryl methyl sites for hydroxylation is 1. The highest BCUT2D eigenvalue weighted by atomic mass is 16.5. The van der Waals surface area contributed by atoms with Gasteiger partial charge in [0.15, 0.2) is 0 Å². The number of carbonyl (C=O) groups excluding carboxylic acids is 1. The molecule has 1 N–H and O–H groups in total. The lowest BCUT2D eigenvalue weighted by molar-refractivity contribution is -0.154. The van der Waals surface area contributed by atoms with Crippen LogP contribution in [-0.4, -0.2) is 33.4 Å². The van der Waals surface area contributed by atoms with E-state index in [0.717, 1.165) is 11.3 Å². The van der Waals surface area contributed by atoms with Crippen LogP contribution in [0.2, 0.25) is 0 Å². The third-order valence-electron chi connectivity index (χ3n) is 3.86. The van der Waals surface area contributed by atoms with Crippen LogP contribution in [0.15, 0.2) is 6.20 Å². The Kier molecular flexibility index (Phi) is 4.34. The molecule has 1 aliphatic rings. The summed E-state index contributed by atoms with van der Waals surface area (Å²) in [5.74, 6) is -1.32. The number of carboxylic acid groups (broad SMARTS) is 1. The van der Waals surface area contributed by atoms with Crippen LogP contribution in [0.1, 0.15) is 38.4 Å². The summed E-state index contributed by atoms with van der Waals surface area (Å²) in [5.41, 5.74) is 1.28. The molecule has 0 saturated heterocycles. The zero-order chi connectivity index (χ0) is 15.6. The summed E-state index contributed by atoms with van der Waals surface area (Å²) in [4.78, 5) is 23.0. The second kappa shape index (κ2) is 5.87. The lowest BCUT2D eigenvalue weighted by Gasteiger charge is -2.21. The van der Waals surface area contributed by atoms with E-state index in [0.29, 0.717) is 32.4 Å². The fourth-order valence-electron chi connectivity index (χ4n) is 2.65. The molecule has 0 aromatic carbocycles. The smallest absolute Gasteiger partial charge is 0.313 e. The Balaban J connectivity index is 2.10. The van der Waals surface area contributed by atoms with Gasteiger partial charge in [-0.25, -0.2) is 0 Å². The van der Waals surface area contributed by atoms with Crippen molar-refractivity contribution in [2.24, 2.45) is 11.3 Å². The second-order valence-electron chi connectivity index (χ2n) is 6.18. The first-order valence-electron chi connectivity index (χ1n) is 7.28. The van der Waals surface area contributed by atoms with E-state index in [1.807, 2.05) is 20.0 Å². The van der Waals surface area contributed by atoms with E-state index >= 15 is 0 Å². The van der Waals surface area contributed by atoms with Gasteiger partial charge in [0.1, 0.15) is 0 Å². The fourth-order valence-corrected chi connectivity index (χ4v) is 2.65. The molecule has 1 atom stereocenters. The molecule has 1 aromatic heterocycles. The summed E-state index contributed by atoms with van der Waals surface area (Å²) in [6.45, 7) is 6.22. The van der Waals surface area contributed by atoms with Crippen molar-refractivity contribution in [1.29, 1.82) is 0 Å². The molecule has 1 heterocycles. The van der Waals surface area contributed by atoms with Gasteiger partial charge in [-0.3, -0.25) is 14.3 Å². The second-order valence-corrected chi connectivity index (χ2v) is 6.18. The molecule has 6 heteroatoms. The van der Waals surface area contributed by atoms with Crippen LogP contribution in [0.4, 0.5) is 0 Å². The lowest BCUT2D eigenvalue weighted by atomic mass is 9.88. The van der Waals surface area contributed by atoms with Gasteiger partial charge in [-0.1, -0.05) is 0 Å². The molecule has 0 amide bonds. The monoisotopic (exact) mass is 294 g/mol. The van der Waals surface area contributed by atoms with Crippen molar-refractivity contribution < 1.29 is 19.4 Å². The summed E-state index contributed by atoms with van der Waals surface area (Å²) < 4.78 is 6.81. The third-order valence-corrected chi connectivity index (χ3v) is 3.86. The summed E-state index contributed by atoms with van der Waals surface area (Å²) in [5, 5.41) is 13.6. The Morgan fingerprint density at radius 1 is 1.52 bits per heavy atom. The van der Waals surface area contributed by atoms with E-state index in [1.165, 1.54) is 0 Å². The molecule has 6 nitrogen and oxygen atoms in total. The minimum Gasteiger partial charge on any atom is -0.481 e. The first-order valence-corrected chi connectivity index (χ1v) is 7.28. The van der Waals surface area contributed by atoms with Crippen molar-refractivity contribution in [1.82, 2.24) is 9.78 Å². The van der Waals surface area contributed by atoms with Gasteiger partial charge < -0.3 is 9.84 Å². The van der Waals surface area contributed by atoms with E-state index < -0.39 is 11.4 Å². The molecule has 0 aliphatic heterocycles. The number of carboxylic acids is 1. The minimum atomic E-state index is -0.750. The van der Waals surface area contributed by atoms with Gasteiger partial charge in [0.2, 0.25) is 0 Å². The van der Waals surface area contributed by atoms with Crippen molar-refractivity contribution in [3.8, 4) is 0 Å². The lowest BCUT2D eigenvalue weighted by Crippen LogP contribution is -2.31. The van der Waals surface area contributed by atoms with Gasteiger partial charge in [0.05, 0.1) is 30.2 Å². The maximum absolute atomic E-state index is 11.9. The molecule has 0 spiro atoms. The summed E-state index contributed by atoms with van der Waals surface area (Å²) in [6, 6.07) is 0. The van der Waals surface area contributed by atoms with Gasteiger partial charge in [0.25, 0.3) is 0 Å². The van der Waals surface area contributed by atoms with Crippen LogP contribution in [0.25, 0.3) is 0 Å². The summed E-state index contributed by atoms with van der Waals surface area (Å²) in [7, 11) is 0. The van der Waals surface area contributed by atoms with Gasteiger partial charge in [0, 0.05) is 6.20 Å². The zero-order valence-corrected chi connectivity index (χ0v) is 12.8. The number of hydrogen-bond acceptors (Lipinski definition) is 4. The number of aliphatic carboxylic acids is 1. The highest BCUT2D eigenvalue weighted by molar-refractivity contribution is 5.75. The van der Waals surface area contributed by atoms with E-state index in [9.17, 15) is 9.59 Å². The molecular formula is C15H22N2O4. The van der Waals surface area contributed by atoms with Gasteiger partial charge in [-0.2, -0.15) is 5.10 Å². The highest BCUT2D eigenvalue weighted by Gasteiger charge is 2.32. The van der Waals surface area contributed by atoms with Crippen molar-refractivity contribution in [2.75, 3.05) is 6.61 Å². The van der Waals surface area contributed by atoms with Crippen LogP contribution in [-0.2, 0) is 33.7 Å². The Hall–Kier alpha value is -1.85. The van der Waals surface area contributed by atoms with Crippen LogP contribution < -0.4 is 0 Å². The number of esters is 1. The first kappa shape index (κ1) is 15.5. The van der Waals surface area contributed by atoms with Crippen LogP contribution in [0, 0.1) is 11.3 Å². The molecule has 0 fully saturated rings. The SMILES string of the molecule is CCOC(=O)C(C)(C)Cn1cc2c(n1)CCC(C(=O)O)C2. The molecular weight excluding hydrogens is 272 g/mol. The van der Waals surface area contributed by atoms with Crippen molar-refractivity contribution >= 4 is 11.9 Å². The van der Waals surface area contributed by atoms with Crippen LogP contribution in [0.3, 0.4) is 0 Å². The normalized spacial score (nSPS) is 18.1. The molecule has 0 bridgehead atoms. The number of rotatable bonds is 5. The molecule has 116 valence electrons. The van der Waals surface area contributed by atoms with Crippen LogP contribution in [0.5, 0.6) is 0 Å². The third kappa shape index (κ3) is 3.43. The van der Waals surface area contributed by atoms with Gasteiger partial charge >= 0.3 is 11.9 Å².